The van der Waals surface area contributed by atoms with Gasteiger partial charge >= 0.3 is 5.97 Å². The van der Waals surface area contributed by atoms with Crippen LogP contribution in [0, 0.1) is 0 Å². The Kier molecular flexibility index (Phi) is 9.28. The maximum atomic E-state index is 13.2. The van der Waals surface area contributed by atoms with Crippen LogP contribution in [0.3, 0.4) is 0 Å². The predicted molar refractivity (Wildman–Crippen MR) is 162 cm³/mol. The van der Waals surface area contributed by atoms with Crippen LogP contribution in [0.4, 0.5) is 5.13 Å². The number of nitrogens with two attached hydrogens (primary N) is 1. The summed E-state index contributed by atoms with van der Waals surface area (Å²) in [6.07, 6.45) is 3.66. The molecule has 3 aromatic rings. The summed E-state index contributed by atoms with van der Waals surface area (Å²) in [5.74, 6) is -1.95. The highest BCUT2D eigenvalue weighted by molar-refractivity contribution is 8.01. The zero-order valence-corrected chi connectivity index (χ0v) is 25.9. The fourth-order valence-corrected chi connectivity index (χ4v) is 7.94. The Morgan fingerprint density at radius 3 is 2.81 bits per heavy atom. The van der Waals surface area contributed by atoms with E-state index in [1.807, 2.05) is 34.5 Å². The van der Waals surface area contributed by atoms with Crippen LogP contribution in [0.15, 0.2) is 56.1 Å². The summed E-state index contributed by atoms with van der Waals surface area (Å²) in [4.78, 5) is 64.7. The number of aliphatic carboxylic acids is 1. The van der Waals surface area contributed by atoms with Crippen molar-refractivity contribution in [3.05, 3.63) is 52.3 Å². The zero-order chi connectivity index (χ0) is 30.7. The molecule has 224 valence electrons. The maximum absolute atomic E-state index is 13.2. The molecule has 0 aliphatic carbocycles. The van der Waals surface area contributed by atoms with Crippen molar-refractivity contribution in [2.24, 2.45) is 5.16 Å². The third-order valence-electron chi connectivity index (χ3n) is 6.31. The van der Waals surface area contributed by atoms with Gasteiger partial charge in [0, 0.05) is 35.2 Å². The van der Waals surface area contributed by atoms with Gasteiger partial charge < -0.3 is 26.3 Å². The SMILES string of the molecule is CNC(=O)CSc1nc(-c2ccc[n+](CC3=C(C(=O)O)N4C(=O)C(NC(=O)/C(=N\OC)c5csc(N)n5)C4SC3)c2)cs1. The molecule has 2 atom stereocenters. The lowest BCUT2D eigenvalue weighted by Crippen LogP contribution is -2.71. The summed E-state index contributed by atoms with van der Waals surface area (Å²) in [6, 6.07) is 2.77. The zero-order valence-electron chi connectivity index (χ0n) is 22.7. The predicted octanol–water partition coefficient (Wildman–Crippen LogP) is 0.764. The number of carboxylic acids is 1. The number of fused-ring (bicyclic) bond motifs is 1. The number of pyridine rings is 1. The first-order valence-electron chi connectivity index (χ1n) is 12.5. The number of nitrogen functional groups attached to an aromatic ring is 1. The van der Waals surface area contributed by atoms with E-state index in [1.165, 1.54) is 46.9 Å². The van der Waals surface area contributed by atoms with Gasteiger partial charge in [-0.2, -0.15) is 0 Å². The number of β-lactam (4-membered cyclic amide) rings is 1. The first kappa shape index (κ1) is 30.5. The molecule has 5 rings (SSSR count). The first-order valence-corrected chi connectivity index (χ1v) is 16.3. The number of oxime groups is 1. The van der Waals surface area contributed by atoms with Crippen molar-refractivity contribution in [2.45, 2.75) is 22.3 Å². The van der Waals surface area contributed by atoms with Gasteiger partial charge in [0.05, 0.1) is 17.0 Å². The van der Waals surface area contributed by atoms with E-state index in [2.05, 4.69) is 25.8 Å². The fourth-order valence-electron chi connectivity index (χ4n) is 4.35. The van der Waals surface area contributed by atoms with Crippen molar-refractivity contribution in [3.8, 4) is 11.3 Å². The lowest BCUT2D eigenvalue weighted by atomic mass is 10.0. The van der Waals surface area contributed by atoms with Crippen LogP contribution in [-0.2, 0) is 30.6 Å². The minimum atomic E-state index is -1.23. The Bertz CT molecular complexity index is 1650. The smallest absolute Gasteiger partial charge is 0.352 e. The molecule has 5 N–H and O–H groups in total. The second kappa shape index (κ2) is 13.1. The number of carbonyl (C=O) groups is 4. The molecule has 0 radical (unpaired) electrons. The minimum absolute atomic E-state index is 0.0882. The highest BCUT2D eigenvalue weighted by Gasteiger charge is 2.54. The molecule has 14 nitrogen and oxygen atoms in total. The maximum Gasteiger partial charge on any atom is 0.352 e. The number of hydrogen-bond donors (Lipinski definition) is 4. The van der Waals surface area contributed by atoms with Crippen molar-refractivity contribution >= 4 is 80.7 Å². The van der Waals surface area contributed by atoms with E-state index >= 15 is 0 Å². The molecule has 2 aliphatic rings. The molecule has 43 heavy (non-hydrogen) atoms. The molecule has 0 spiro atoms. The number of thioether (sulfide) groups is 2. The Hall–Kier alpha value is -4.00. The Morgan fingerprint density at radius 1 is 1.30 bits per heavy atom. The molecular weight excluding hydrogens is 637 g/mol. The van der Waals surface area contributed by atoms with Gasteiger partial charge in [-0.3, -0.25) is 19.3 Å². The van der Waals surface area contributed by atoms with E-state index in [1.54, 1.807) is 12.4 Å². The summed E-state index contributed by atoms with van der Waals surface area (Å²) < 4.78 is 2.59. The third-order valence-corrected chi connectivity index (χ3v) is 10.3. The van der Waals surface area contributed by atoms with Crippen LogP contribution >= 0.6 is 46.2 Å². The van der Waals surface area contributed by atoms with E-state index < -0.39 is 29.2 Å². The number of anilines is 1. The molecule has 1 fully saturated rings. The summed E-state index contributed by atoms with van der Waals surface area (Å²) in [6.45, 7) is 0.230. The van der Waals surface area contributed by atoms with Crippen molar-refractivity contribution in [2.75, 3.05) is 31.4 Å². The van der Waals surface area contributed by atoms with E-state index in [4.69, 9.17) is 10.6 Å². The first-order chi connectivity index (χ1) is 20.7. The average Bonchev–Trinajstić information content (AvgIpc) is 3.66. The van der Waals surface area contributed by atoms with E-state index in [0.29, 0.717) is 11.3 Å². The number of hydrogen-bond acceptors (Lipinski definition) is 13. The lowest BCUT2D eigenvalue weighted by molar-refractivity contribution is -0.688. The quantitative estimate of drug-likeness (QED) is 0.0746. The molecule has 3 aromatic heterocycles. The normalized spacial score (nSPS) is 18.1. The van der Waals surface area contributed by atoms with Gasteiger partial charge in [0.25, 0.3) is 11.8 Å². The highest BCUT2D eigenvalue weighted by Crippen LogP contribution is 2.40. The standard InChI is InChI=1S/C25H24N8O6S4/c1-27-16(34)11-43-25-29-14(9-42-25)12-4-3-5-32(6-12)7-13-8-40-22-18(21(36)33(22)19(13)23(37)38)30-20(35)17(31-39-2)15-10-41-24(26)28-15/h3-6,9-10,18,22H,7-8,11H2,1-2H3,(H4-,26,27,28,30,34,35,37,38)/p+1/b31-17-. The molecule has 2 unspecified atom stereocenters. The second-order valence-corrected chi connectivity index (χ2v) is 13.1. The van der Waals surface area contributed by atoms with Crippen LogP contribution < -0.4 is 20.9 Å². The molecule has 2 aliphatic heterocycles. The summed E-state index contributed by atoms with van der Waals surface area (Å²) in [5.41, 5.74) is 7.73. The minimum Gasteiger partial charge on any atom is -0.477 e. The van der Waals surface area contributed by atoms with Gasteiger partial charge in [-0.25, -0.2) is 19.3 Å². The fraction of sp³-hybridized carbons (Fsp3) is 0.280. The number of aromatic nitrogens is 3. The number of carboxylic acid groups (broad SMARTS) is 1. The Morgan fingerprint density at radius 2 is 2.12 bits per heavy atom. The molecular formula is C25H25N8O6S4+. The molecule has 0 bridgehead atoms. The monoisotopic (exact) mass is 661 g/mol. The number of nitrogens with one attached hydrogen (secondary N) is 2. The van der Waals surface area contributed by atoms with Gasteiger partial charge in [-0.15, -0.1) is 34.4 Å². The van der Waals surface area contributed by atoms with Crippen LogP contribution in [0.1, 0.15) is 5.69 Å². The van der Waals surface area contributed by atoms with Gasteiger partial charge in [0.15, 0.2) is 34.1 Å². The number of amides is 3. The summed E-state index contributed by atoms with van der Waals surface area (Å²) in [5, 5.41) is 22.1. The van der Waals surface area contributed by atoms with E-state index in [9.17, 15) is 24.3 Å². The molecule has 0 aromatic carbocycles. The molecule has 0 saturated carbocycles. The summed E-state index contributed by atoms with van der Waals surface area (Å²) in [7, 11) is 2.86. The van der Waals surface area contributed by atoms with Gasteiger partial charge in [0.1, 0.15) is 29.9 Å². The average molecular weight is 662 g/mol. The van der Waals surface area contributed by atoms with E-state index in [0.717, 1.165) is 26.9 Å². The van der Waals surface area contributed by atoms with Crippen LogP contribution in [0.25, 0.3) is 11.3 Å². The topological polar surface area (TPSA) is 193 Å². The summed E-state index contributed by atoms with van der Waals surface area (Å²) >= 11 is 5.26. The van der Waals surface area contributed by atoms with Gasteiger partial charge in [0.2, 0.25) is 5.91 Å². The van der Waals surface area contributed by atoms with Crippen LogP contribution in [0.5, 0.6) is 0 Å². The largest absolute Gasteiger partial charge is 0.477 e. The van der Waals surface area contributed by atoms with Crippen LogP contribution in [0.2, 0.25) is 0 Å². The molecule has 1 saturated heterocycles. The van der Waals surface area contributed by atoms with Crippen molar-refractivity contribution < 1.29 is 33.7 Å². The molecule has 5 heterocycles. The van der Waals surface area contributed by atoms with Crippen LogP contribution in [-0.4, -0.2) is 86.5 Å². The number of rotatable bonds is 11. The van der Waals surface area contributed by atoms with Crippen molar-refractivity contribution in [1.29, 1.82) is 0 Å². The molecule has 3 amide bonds. The number of nitrogens with zero attached hydrogens (tertiary/aromatic N) is 5. The van der Waals surface area contributed by atoms with Gasteiger partial charge in [-0.05, 0) is 6.07 Å². The number of thiazole rings is 2. The molecule has 18 heteroatoms. The second-order valence-electron chi connectivity index (χ2n) is 9.04. The Balaban J connectivity index is 1.30. The van der Waals surface area contributed by atoms with Crippen molar-refractivity contribution in [3.63, 3.8) is 0 Å². The number of carbonyl (C=O) groups excluding carboxylic acids is 3. The van der Waals surface area contributed by atoms with E-state index in [-0.39, 0.29) is 40.4 Å². The lowest BCUT2D eigenvalue weighted by Gasteiger charge is -2.49. The van der Waals surface area contributed by atoms with Crippen molar-refractivity contribution in [1.82, 2.24) is 25.5 Å². The highest BCUT2D eigenvalue weighted by atomic mass is 32.2. The van der Waals surface area contributed by atoms with Gasteiger partial charge in [-0.1, -0.05) is 16.9 Å². The third kappa shape index (κ3) is 6.51. The Labute approximate surface area is 261 Å².